The Hall–Kier alpha value is -0.803. The Morgan fingerprint density at radius 2 is 1.38 bits per heavy atom. The second kappa shape index (κ2) is 8.59. The van der Waals surface area contributed by atoms with E-state index < -0.39 is 8.56 Å². The Morgan fingerprint density at radius 1 is 0.857 bits per heavy atom. The monoisotopic (exact) mass is 308 g/mol. The van der Waals surface area contributed by atoms with Crippen molar-refractivity contribution in [3.05, 3.63) is 30.3 Å². The molecular weight excluding hydrogens is 276 g/mol. The zero-order valence-corrected chi connectivity index (χ0v) is 15.6. The molecule has 1 rings (SSSR count). The summed E-state index contributed by atoms with van der Waals surface area (Å²) in [6.45, 7) is 13.4. The van der Waals surface area contributed by atoms with Crippen LogP contribution in [0.25, 0.3) is 0 Å². The van der Waals surface area contributed by atoms with Gasteiger partial charge < -0.3 is 8.85 Å². The Balaban J connectivity index is 3.15. The van der Waals surface area contributed by atoms with E-state index in [9.17, 15) is 0 Å². The lowest BCUT2D eigenvalue weighted by atomic mass is 10.3. The number of rotatable bonds is 9. The maximum atomic E-state index is 6.61. The van der Waals surface area contributed by atoms with Crippen molar-refractivity contribution >= 4 is 8.56 Å². The van der Waals surface area contributed by atoms with Gasteiger partial charge in [0.2, 0.25) is 0 Å². The van der Waals surface area contributed by atoms with Crippen LogP contribution in [-0.2, 0) is 4.43 Å². The predicted octanol–water partition coefficient (Wildman–Crippen LogP) is 5.92. The molecule has 0 heterocycles. The van der Waals surface area contributed by atoms with Gasteiger partial charge in [0.25, 0.3) is 0 Å². The minimum Gasteiger partial charge on any atom is -0.520 e. The normalized spacial score (nSPS) is 18.6. The average molecular weight is 309 g/mol. The lowest BCUT2D eigenvalue weighted by Gasteiger charge is -2.41. The molecule has 0 radical (unpaired) electrons. The third-order valence-electron chi connectivity index (χ3n) is 4.58. The van der Waals surface area contributed by atoms with Crippen LogP contribution in [-0.4, -0.2) is 14.7 Å². The molecule has 0 spiro atoms. The second-order valence-electron chi connectivity index (χ2n) is 6.09. The molecule has 0 fully saturated rings. The first-order chi connectivity index (χ1) is 10.00. The molecule has 0 aliphatic heterocycles. The number of benzene rings is 1. The van der Waals surface area contributed by atoms with Crippen LogP contribution in [0.5, 0.6) is 5.75 Å². The first kappa shape index (κ1) is 18.2. The second-order valence-corrected chi connectivity index (χ2v) is 9.95. The van der Waals surface area contributed by atoms with Crippen LogP contribution in [0.3, 0.4) is 0 Å². The average Bonchev–Trinajstić information content (AvgIpc) is 2.53. The van der Waals surface area contributed by atoms with Crippen molar-refractivity contribution in [1.29, 1.82) is 0 Å². The van der Waals surface area contributed by atoms with Crippen molar-refractivity contribution < 1.29 is 8.85 Å². The van der Waals surface area contributed by atoms with E-state index in [0.29, 0.717) is 11.1 Å². The minimum absolute atomic E-state index is 0.253. The van der Waals surface area contributed by atoms with Gasteiger partial charge in [0.05, 0.1) is 0 Å². The zero-order chi connectivity index (χ0) is 15.9. The molecule has 0 saturated heterocycles. The fourth-order valence-corrected chi connectivity index (χ4v) is 6.91. The molecule has 0 saturated carbocycles. The van der Waals surface area contributed by atoms with E-state index in [-0.39, 0.29) is 6.10 Å². The van der Waals surface area contributed by atoms with Crippen LogP contribution < -0.4 is 4.43 Å². The molecule has 1 aromatic carbocycles. The van der Waals surface area contributed by atoms with E-state index in [0.717, 1.165) is 25.0 Å². The van der Waals surface area contributed by atoms with E-state index in [1.165, 1.54) is 0 Å². The SMILES string of the molecule is CCC(C)O[Si](Oc1ccccc1)(C(C)CC)C(C)CC. The van der Waals surface area contributed by atoms with Crippen LogP contribution in [0.4, 0.5) is 0 Å². The van der Waals surface area contributed by atoms with Crippen molar-refractivity contribution in [2.24, 2.45) is 0 Å². The highest BCUT2D eigenvalue weighted by molar-refractivity contribution is 6.71. The summed E-state index contributed by atoms with van der Waals surface area (Å²) >= 11 is 0. The van der Waals surface area contributed by atoms with Gasteiger partial charge in [0.1, 0.15) is 5.75 Å². The maximum Gasteiger partial charge on any atom is 0.404 e. The van der Waals surface area contributed by atoms with Gasteiger partial charge in [0.15, 0.2) is 0 Å². The van der Waals surface area contributed by atoms with Gasteiger partial charge in [-0.1, -0.05) is 65.7 Å². The summed E-state index contributed by atoms with van der Waals surface area (Å²) < 4.78 is 13.2. The van der Waals surface area contributed by atoms with Gasteiger partial charge in [-0.3, -0.25) is 0 Å². The first-order valence-electron chi connectivity index (χ1n) is 8.41. The third kappa shape index (κ3) is 4.58. The summed E-state index contributed by atoms with van der Waals surface area (Å²) in [7, 11) is -2.33. The van der Waals surface area contributed by atoms with Crippen LogP contribution in [0, 0.1) is 0 Å². The molecule has 0 bridgehead atoms. The van der Waals surface area contributed by atoms with Crippen LogP contribution in [0.1, 0.15) is 60.8 Å². The summed E-state index contributed by atoms with van der Waals surface area (Å²) in [6.07, 6.45) is 3.47. The lowest BCUT2D eigenvalue weighted by Crippen LogP contribution is -2.54. The smallest absolute Gasteiger partial charge is 0.404 e. The molecule has 3 heteroatoms. The molecule has 0 aromatic heterocycles. The summed E-state index contributed by atoms with van der Waals surface area (Å²) in [4.78, 5) is 0. The van der Waals surface area contributed by atoms with Gasteiger partial charge in [0, 0.05) is 17.2 Å². The third-order valence-corrected chi connectivity index (χ3v) is 9.47. The Bertz CT molecular complexity index is 383. The van der Waals surface area contributed by atoms with Gasteiger partial charge in [-0.15, -0.1) is 0 Å². The highest BCUT2D eigenvalue weighted by Crippen LogP contribution is 2.40. The quantitative estimate of drug-likeness (QED) is 0.527. The topological polar surface area (TPSA) is 18.5 Å². The summed E-state index contributed by atoms with van der Waals surface area (Å²) in [6, 6.07) is 10.2. The predicted molar refractivity (Wildman–Crippen MR) is 93.1 cm³/mol. The molecule has 21 heavy (non-hydrogen) atoms. The highest BCUT2D eigenvalue weighted by Gasteiger charge is 2.50. The van der Waals surface area contributed by atoms with Crippen LogP contribution in [0.15, 0.2) is 30.3 Å². The van der Waals surface area contributed by atoms with Crippen molar-refractivity contribution in [1.82, 2.24) is 0 Å². The largest absolute Gasteiger partial charge is 0.520 e. The van der Waals surface area contributed by atoms with Crippen molar-refractivity contribution in [3.63, 3.8) is 0 Å². The summed E-state index contributed by atoms with van der Waals surface area (Å²) in [5.41, 5.74) is 0.948. The Labute approximate surface area is 132 Å². The Kier molecular flexibility index (Phi) is 7.47. The van der Waals surface area contributed by atoms with Gasteiger partial charge >= 0.3 is 8.56 Å². The summed E-state index contributed by atoms with van der Waals surface area (Å²) in [5.74, 6) is 0.952. The molecule has 0 aliphatic rings. The fourth-order valence-electron chi connectivity index (χ4n) is 2.58. The lowest BCUT2D eigenvalue weighted by molar-refractivity contribution is 0.145. The van der Waals surface area contributed by atoms with Crippen LogP contribution >= 0.6 is 0 Å². The van der Waals surface area contributed by atoms with Gasteiger partial charge in [-0.25, -0.2) is 0 Å². The van der Waals surface area contributed by atoms with E-state index >= 15 is 0 Å². The standard InChI is InChI=1S/C18H32O2Si/c1-7-15(4)19-21(16(5)8-2,17(6)9-3)20-18-13-11-10-12-14-18/h10-17H,7-9H2,1-6H3. The van der Waals surface area contributed by atoms with Crippen molar-refractivity contribution in [2.45, 2.75) is 78.0 Å². The molecule has 3 atom stereocenters. The molecule has 0 aliphatic carbocycles. The van der Waals surface area contributed by atoms with Gasteiger partial charge in [-0.05, 0) is 25.5 Å². The molecule has 2 nitrogen and oxygen atoms in total. The number of hydrogen-bond donors (Lipinski definition) is 0. The van der Waals surface area contributed by atoms with E-state index in [1.807, 2.05) is 30.3 Å². The number of para-hydroxylation sites is 1. The molecule has 120 valence electrons. The van der Waals surface area contributed by atoms with E-state index in [1.54, 1.807) is 0 Å². The fraction of sp³-hybridized carbons (Fsp3) is 0.667. The van der Waals surface area contributed by atoms with Crippen molar-refractivity contribution in [2.75, 3.05) is 0 Å². The minimum atomic E-state index is -2.33. The molecule has 0 amide bonds. The first-order valence-corrected chi connectivity index (χ1v) is 10.4. The maximum absolute atomic E-state index is 6.61. The van der Waals surface area contributed by atoms with E-state index in [4.69, 9.17) is 8.85 Å². The highest BCUT2D eigenvalue weighted by atomic mass is 28.4. The molecule has 1 aromatic rings. The molecule has 3 unspecified atom stereocenters. The van der Waals surface area contributed by atoms with E-state index in [2.05, 4.69) is 41.5 Å². The van der Waals surface area contributed by atoms with Crippen molar-refractivity contribution in [3.8, 4) is 5.75 Å². The Morgan fingerprint density at radius 3 is 1.81 bits per heavy atom. The molecule has 0 N–H and O–H groups in total. The molecular formula is C18H32O2Si. The van der Waals surface area contributed by atoms with Crippen LogP contribution in [0.2, 0.25) is 11.1 Å². The number of hydrogen-bond acceptors (Lipinski definition) is 2. The summed E-state index contributed by atoms with van der Waals surface area (Å²) in [5, 5.41) is 0. The van der Waals surface area contributed by atoms with Gasteiger partial charge in [-0.2, -0.15) is 0 Å². The zero-order valence-electron chi connectivity index (χ0n) is 14.6.